The van der Waals surface area contributed by atoms with E-state index in [0.29, 0.717) is 24.7 Å². The van der Waals surface area contributed by atoms with E-state index in [-0.39, 0.29) is 6.61 Å². The molecule has 2 rings (SSSR count). The topological polar surface area (TPSA) is 65.7 Å². The summed E-state index contributed by atoms with van der Waals surface area (Å²) in [5.41, 5.74) is 1.68. The molecule has 0 fully saturated rings. The molecule has 0 atom stereocenters. The van der Waals surface area contributed by atoms with Crippen LogP contribution in [-0.4, -0.2) is 42.6 Å². The zero-order valence-electron chi connectivity index (χ0n) is 11.3. The molecule has 104 valence electrons. The van der Waals surface area contributed by atoms with Crippen LogP contribution in [0.3, 0.4) is 0 Å². The molecule has 0 aliphatic rings. The van der Waals surface area contributed by atoms with E-state index in [1.54, 1.807) is 21.3 Å². The van der Waals surface area contributed by atoms with Gasteiger partial charge in [0.15, 0.2) is 11.5 Å². The fraction of sp³-hybridized carbons (Fsp3) is 0.462. The Balaban J connectivity index is 2.62. The van der Waals surface area contributed by atoms with Crippen molar-refractivity contribution in [2.24, 2.45) is 0 Å². The Bertz CT molecular complexity index is 565. The molecular formula is C13H18N2O4. The van der Waals surface area contributed by atoms with Crippen LogP contribution >= 0.6 is 0 Å². The number of nitrogens with zero attached hydrogens (tertiary/aromatic N) is 2. The molecule has 0 bridgehead atoms. The number of aliphatic hydroxyl groups is 1. The molecule has 1 aromatic heterocycles. The van der Waals surface area contributed by atoms with Crippen molar-refractivity contribution in [1.82, 2.24) is 9.55 Å². The number of hydrogen-bond acceptors (Lipinski definition) is 5. The predicted molar refractivity (Wildman–Crippen MR) is 70.6 cm³/mol. The Hall–Kier alpha value is -1.79. The number of aromatic nitrogens is 2. The number of hydrogen-bond donors (Lipinski definition) is 1. The second kappa shape index (κ2) is 5.90. The molecule has 1 heterocycles. The number of benzene rings is 1. The van der Waals surface area contributed by atoms with E-state index in [2.05, 4.69) is 4.98 Å². The van der Waals surface area contributed by atoms with Gasteiger partial charge in [-0.05, 0) is 0 Å². The van der Waals surface area contributed by atoms with Crippen LogP contribution in [-0.2, 0) is 17.9 Å². The molecule has 0 aliphatic heterocycles. The summed E-state index contributed by atoms with van der Waals surface area (Å²) in [5, 5.41) is 9.17. The van der Waals surface area contributed by atoms with Gasteiger partial charge < -0.3 is 23.9 Å². The zero-order chi connectivity index (χ0) is 13.8. The van der Waals surface area contributed by atoms with Crippen LogP contribution in [0, 0.1) is 0 Å². The minimum atomic E-state index is 0.0382. The smallest absolute Gasteiger partial charge is 0.163 e. The van der Waals surface area contributed by atoms with Gasteiger partial charge in [0.2, 0.25) is 0 Å². The number of methoxy groups -OCH3 is 3. The van der Waals surface area contributed by atoms with Gasteiger partial charge in [0.1, 0.15) is 12.4 Å². The van der Waals surface area contributed by atoms with Gasteiger partial charge in [-0.15, -0.1) is 0 Å². The molecule has 0 spiro atoms. The second-order valence-corrected chi connectivity index (χ2v) is 4.03. The van der Waals surface area contributed by atoms with Gasteiger partial charge in [-0.25, -0.2) is 4.98 Å². The molecule has 0 amide bonds. The molecule has 19 heavy (non-hydrogen) atoms. The molecule has 1 N–H and O–H groups in total. The predicted octanol–water partition coefficient (Wildman–Crippen LogP) is 1.19. The fourth-order valence-corrected chi connectivity index (χ4v) is 2.09. The van der Waals surface area contributed by atoms with Gasteiger partial charge in [-0.1, -0.05) is 0 Å². The van der Waals surface area contributed by atoms with Crippen LogP contribution in [0.4, 0.5) is 0 Å². The van der Waals surface area contributed by atoms with Crippen molar-refractivity contribution in [1.29, 1.82) is 0 Å². The average molecular weight is 266 g/mol. The number of imidazole rings is 1. The van der Waals surface area contributed by atoms with Gasteiger partial charge >= 0.3 is 0 Å². The first-order valence-corrected chi connectivity index (χ1v) is 5.96. The fourth-order valence-electron chi connectivity index (χ4n) is 2.09. The highest BCUT2D eigenvalue weighted by Gasteiger charge is 2.14. The summed E-state index contributed by atoms with van der Waals surface area (Å²) in [5.74, 6) is 2.03. The third-order valence-corrected chi connectivity index (χ3v) is 2.93. The minimum absolute atomic E-state index is 0.0382. The largest absolute Gasteiger partial charge is 0.493 e. The molecule has 0 radical (unpaired) electrons. The van der Waals surface area contributed by atoms with E-state index in [0.717, 1.165) is 16.9 Å². The molecule has 6 nitrogen and oxygen atoms in total. The molecule has 0 aliphatic carbocycles. The minimum Gasteiger partial charge on any atom is -0.493 e. The first-order chi connectivity index (χ1) is 9.24. The van der Waals surface area contributed by atoms with Gasteiger partial charge in [-0.3, -0.25) is 0 Å². The summed E-state index contributed by atoms with van der Waals surface area (Å²) in [6.45, 7) is 0.889. The third-order valence-electron chi connectivity index (χ3n) is 2.93. The molecule has 2 aromatic rings. The highest BCUT2D eigenvalue weighted by molar-refractivity contribution is 5.80. The van der Waals surface area contributed by atoms with Crippen LogP contribution in [0.5, 0.6) is 11.5 Å². The molecule has 0 saturated heterocycles. The lowest BCUT2D eigenvalue weighted by atomic mass is 10.2. The maximum absolute atomic E-state index is 9.17. The molecule has 0 unspecified atom stereocenters. The maximum Gasteiger partial charge on any atom is 0.163 e. The molecule has 6 heteroatoms. The highest BCUT2D eigenvalue weighted by Crippen LogP contribution is 2.32. The van der Waals surface area contributed by atoms with Crippen LogP contribution in [0.2, 0.25) is 0 Å². The molecule has 0 saturated carbocycles. The van der Waals surface area contributed by atoms with E-state index in [1.807, 2.05) is 16.7 Å². The monoisotopic (exact) mass is 266 g/mol. The van der Waals surface area contributed by atoms with Crippen molar-refractivity contribution in [3.63, 3.8) is 0 Å². The summed E-state index contributed by atoms with van der Waals surface area (Å²) in [4.78, 5) is 4.50. The number of ether oxygens (including phenoxy) is 3. The van der Waals surface area contributed by atoms with Crippen molar-refractivity contribution in [3.05, 3.63) is 18.0 Å². The maximum atomic E-state index is 9.17. The van der Waals surface area contributed by atoms with E-state index in [1.165, 1.54) is 0 Å². The number of aliphatic hydroxyl groups excluding tert-OH is 1. The van der Waals surface area contributed by atoms with Gasteiger partial charge in [0, 0.05) is 25.8 Å². The van der Waals surface area contributed by atoms with E-state index < -0.39 is 0 Å². The van der Waals surface area contributed by atoms with Crippen LogP contribution in [0.1, 0.15) is 5.82 Å². The van der Waals surface area contributed by atoms with Crippen LogP contribution < -0.4 is 9.47 Å². The summed E-state index contributed by atoms with van der Waals surface area (Å²) in [6, 6.07) is 3.68. The highest BCUT2D eigenvalue weighted by atomic mass is 16.5. The Morgan fingerprint density at radius 2 is 1.84 bits per heavy atom. The van der Waals surface area contributed by atoms with Crippen molar-refractivity contribution >= 4 is 11.0 Å². The first kappa shape index (κ1) is 13.6. The van der Waals surface area contributed by atoms with Crippen LogP contribution in [0.15, 0.2) is 12.1 Å². The Labute approximate surface area is 111 Å². The van der Waals surface area contributed by atoms with E-state index in [4.69, 9.17) is 14.2 Å². The number of rotatable bonds is 6. The summed E-state index contributed by atoms with van der Waals surface area (Å²) < 4.78 is 17.6. The lowest BCUT2D eigenvalue weighted by Gasteiger charge is -2.09. The zero-order valence-corrected chi connectivity index (χ0v) is 11.3. The van der Waals surface area contributed by atoms with Crippen molar-refractivity contribution < 1.29 is 19.3 Å². The quantitative estimate of drug-likeness (QED) is 0.850. The normalized spacial score (nSPS) is 10.9. The standard InChI is InChI=1S/C13H18N2O4/c1-17-8-13-14-9-6-11(18-2)12(19-3)7-10(9)15(13)4-5-16/h6-7,16H,4-5,8H2,1-3H3. The average Bonchev–Trinajstić information content (AvgIpc) is 2.75. The SMILES string of the molecule is COCc1nc2cc(OC)c(OC)cc2n1CCO. The Kier molecular flexibility index (Phi) is 4.24. The molecular weight excluding hydrogens is 248 g/mol. The molecule has 1 aromatic carbocycles. The van der Waals surface area contributed by atoms with E-state index in [9.17, 15) is 5.11 Å². The number of fused-ring (bicyclic) bond motifs is 1. The summed E-state index contributed by atoms with van der Waals surface area (Å²) >= 11 is 0. The lowest BCUT2D eigenvalue weighted by molar-refractivity contribution is 0.172. The van der Waals surface area contributed by atoms with Gasteiger partial charge in [-0.2, -0.15) is 0 Å². The van der Waals surface area contributed by atoms with Crippen molar-refractivity contribution in [2.45, 2.75) is 13.2 Å². The van der Waals surface area contributed by atoms with E-state index >= 15 is 0 Å². The van der Waals surface area contributed by atoms with Crippen molar-refractivity contribution in [2.75, 3.05) is 27.9 Å². The van der Waals surface area contributed by atoms with Gasteiger partial charge in [0.05, 0.1) is 31.9 Å². The van der Waals surface area contributed by atoms with Crippen LogP contribution in [0.25, 0.3) is 11.0 Å². The van der Waals surface area contributed by atoms with Gasteiger partial charge in [0.25, 0.3) is 0 Å². The lowest BCUT2D eigenvalue weighted by Crippen LogP contribution is -2.07. The Morgan fingerprint density at radius 1 is 1.16 bits per heavy atom. The second-order valence-electron chi connectivity index (χ2n) is 4.03. The third kappa shape index (κ3) is 2.50. The van der Waals surface area contributed by atoms with Crippen molar-refractivity contribution in [3.8, 4) is 11.5 Å². The Morgan fingerprint density at radius 3 is 2.42 bits per heavy atom. The summed E-state index contributed by atoms with van der Waals surface area (Å²) in [6.07, 6.45) is 0. The first-order valence-electron chi connectivity index (χ1n) is 5.96. The summed E-state index contributed by atoms with van der Waals surface area (Å²) in [7, 11) is 4.79.